The summed E-state index contributed by atoms with van der Waals surface area (Å²) in [6.07, 6.45) is 3.21. The van der Waals surface area contributed by atoms with Crippen molar-refractivity contribution in [1.29, 1.82) is 5.26 Å². The van der Waals surface area contributed by atoms with Crippen LogP contribution in [0.5, 0.6) is 0 Å². The Hall–Kier alpha value is -0.0100. The summed E-state index contributed by atoms with van der Waals surface area (Å²) in [7, 11) is 1.55. The Kier molecular flexibility index (Phi) is 2.55. The van der Waals surface area contributed by atoms with Crippen molar-refractivity contribution in [1.82, 2.24) is 4.90 Å². The van der Waals surface area contributed by atoms with Gasteiger partial charge in [0.2, 0.25) is 0 Å². The molecule has 4 heteroatoms. The fraction of sp³-hybridized carbons (Fsp3) is 0.800. The number of hydrogen-bond donors (Lipinski definition) is 1. The molecule has 0 amide bonds. The van der Waals surface area contributed by atoms with E-state index in [1.54, 1.807) is 15.7 Å². The normalized spacial score (nSPS) is 26.2. The number of nitrogens with zero attached hydrogens (tertiary/aromatic N) is 2. The molecule has 0 saturated carbocycles. The van der Waals surface area contributed by atoms with Crippen molar-refractivity contribution in [2.24, 2.45) is 0 Å². The minimum Gasteiger partial charge on any atom is -0.309 e. The van der Waals surface area contributed by atoms with Crippen molar-refractivity contribution in [3.63, 3.8) is 0 Å². The van der Waals surface area contributed by atoms with Crippen LogP contribution < -0.4 is 0 Å². The number of nitriles is 1. The summed E-state index contributed by atoms with van der Waals surface area (Å²) in [6, 6.07) is 0. The minimum atomic E-state index is 0.563. The van der Waals surface area contributed by atoms with E-state index in [-0.39, 0.29) is 0 Å². The molecule has 0 aromatic heterocycles. The quantitative estimate of drug-likeness (QED) is 0.354. The first-order chi connectivity index (χ1) is 4.36. The first-order valence-electron chi connectivity index (χ1n) is 2.81. The van der Waals surface area contributed by atoms with Crippen LogP contribution in [-0.2, 0) is 0 Å². The van der Waals surface area contributed by atoms with Crippen molar-refractivity contribution in [3.05, 3.63) is 0 Å². The highest BCUT2D eigenvalue weighted by Crippen LogP contribution is 2.23. The third-order valence-corrected chi connectivity index (χ3v) is 3.01. The average Bonchev–Trinajstić information content (AvgIpc) is 2.34. The second-order valence-electron chi connectivity index (χ2n) is 2.06. The number of likely N-dealkylation sites (tertiary alicyclic amines) is 1. The summed E-state index contributed by atoms with van der Waals surface area (Å²) >= 11 is 4.08. The second kappa shape index (κ2) is 3.23. The number of hydrogen-bond acceptors (Lipinski definition) is 4. The van der Waals surface area contributed by atoms with Gasteiger partial charge in [-0.05, 0) is 6.42 Å². The van der Waals surface area contributed by atoms with E-state index in [0.717, 1.165) is 19.5 Å². The summed E-state index contributed by atoms with van der Waals surface area (Å²) in [5.74, 6) is 0. The molecule has 1 saturated heterocycles. The largest absolute Gasteiger partial charge is 0.309 e. The van der Waals surface area contributed by atoms with Gasteiger partial charge in [0.15, 0.2) is 6.19 Å². The maximum Gasteiger partial charge on any atom is 0.179 e. The van der Waals surface area contributed by atoms with E-state index >= 15 is 0 Å². The second-order valence-corrected chi connectivity index (χ2v) is 3.57. The van der Waals surface area contributed by atoms with Gasteiger partial charge in [-0.1, -0.05) is 10.8 Å². The SMILES string of the molecule is N#CN1CCC(SS)C1. The molecule has 1 atom stereocenters. The standard InChI is InChI=1S/C5H8N2S2/c6-4-7-2-1-5(3-7)9-8/h5,8H,1-3H2. The monoisotopic (exact) mass is 160 g/mol. The highest BCUT2D eigenvalue weighted by atomic mass is 33.1. The van der Waals surface area contributed by atoms with Gasteiger partial charge >= 0.3 is 0 Å². The highest BCUT2D eigenvalue weighted by molar-refractivity contribution is 8.68. The number of rotatable bonds is 1. The Bertz CT molecular complexity index is 131. The first-order valence-corrected chi connectivity index (χ1v) is 4.75. The van der Waals surface area contributed by atoms with Crippen molar-refractivity contribution in [2.75, 3.05) is 13.1 Å². The van der Waals surface area contributed by atoms with Crippen molar-refractivity contribution >= 4 is 22.5 Å². The maximum atomic E-state index is 8.42. The van der Waals surface area contributed by atoms with Crippen molar-refractivity contribution in [2.45, 2.75) is 11.7 Å². The topological polar surface area (TPSA) is 27.0 Å². The molecule has 1 rings (SSSR count). The lowest BCUT2D eigenvalue weighted by atomic mass is 10.4. The van der Waals surface area contributed by atoms with E-state index in [0.29, 0.717) is 5.25 Å². The zero-order valence-electron chi connectivity index (χ0n) is 4.95. The zero-order chi connectivity index (χ0) is 6.69. The smallest absolute Gasteiger partial charge is 0.179 e. The zero-order valence-corrected chi connectivity index (χ0v) is 6.66. The lowest BCUT2D eigenvalue weighted by molar-refractivity contribution is 0.488. The van der Waals surface area contributed by atoms with Gasteiger partial charge in [0.05, 0.1) is 0 Å². The number of thiol groups is 1. The van der Waals surface area contributed by atoms with Crippen LogP contribution in [-0.4, -0.2) is 23.2 Å². The fourth-order valence-electron chi connectivity index (χ4n) is 0.905. The Morgan fingerprint density at radius 2 is 2.56 bits per heavy atom. The third kappa shape index (κ3) is 1.70. The van der Waals surface area contributed by atoms with Gasteiger partial charge in [-0.25, -0.2) is 0 Å². The van der Waals surface area contributed by atoms with Gasteiger partial charge in [0.25, 0.3) is 0 Å². The molecule has 1 unspecified atom stereocenters. The fourth-order valence-corrected chi connectivity index (χ4v) is 1.88. The Balaban J connectivity index is 2.31. The van der Waals surface area contributed by atoms with E-state index in [1.807, 2.05) is 0 Å². The molecule has 9 heavy (non-hydrogen) atoms. The Morgan fingerprint density at radius 3 is 2.89 bits per heavy atom. The van der Waals surface area contributed by atoms with Gasteiger partial charge in [-0.15, -0.1) is 11.7 Å². The van der Waals surface area contributed by atoms with Gasteiger partial charge in [-0.3, -0.25) is 0 Å². The van der Waals surface area contributed by atoms with Gasteiger partial charge in [0.1, 0.15) is 0 Å². The van der Waals surface area contributed by atoms with Crippen LogP contribution in [0.25, 0.3) is 0 Å². The van der Waals surface area contributed by atoms with E-state index < -0.39 is 0 Å². The predicted octanol–water partition coefficient (Wildman–Crippen LogP) is 1.12. The van der Waals surface area contributed by atoms with Crippen molar-refractivity contribution in [3.8, 4) is 6.19 Å². The minimum absolute atomic E-state index is 0.563. The predicted molar refractivity (Wildman–Crippen MR) is 42.2 cm³/mol. The summed E-state index contributed by atoms with van der Waals surface area (Å²) in [5.41, 5.74) is 0. The molecule has 0 spiro atoms. The van der Waals surface area contributed by atoms with E-state index in [1.165, 1.54) is 0 Å². The molecule has 1 heterocycles. The molecule has 0 radical (unpaired) electrons. The lowest BCUT2D eigenvalue weighted by Crippen LogP contribution is -2.13. The summed E-state index contributed by atoms with van der Waals surface area (Å²) in [5, 5.41) is 8.98. The molecule has 0 aromatic carbocycles. The van der Waals surface area contributed by atoms with Crippen LogP contribution in [0.1, 0.15) is 6.42 Å². The first kappa shape index (κ1) is 7.10. The van der Waals surface area contributed by atoms with Gasteiger partial charge in [-0.2, -0.15) is 5.26 Å². The molecule has 2 nitrogen and oxygen atoms in total. The van der Waals surface area contributed by atoms with Crippen LogP contribution in [0.15, 0.2) is 0 Å². The Morgan fingerprint density at radius 1 is 1.78 bits per heavy atom. The van der Waals surface area contributed by atoms with E-state index in [4.69, 9.17) is 5.26 Å². The molecule has 50 valence electrons. The summed E-state index contributed by atoms with van der Waals surface area (Å²) in [6.45, 7) is 1.79. The molecule has 1 aliphatic heterocycles. The van der Waals surface area contributed by atoms with Crippen LogP contribution in [0.3, 0.4) is 0 Å². The molecule has 0 bridgehead atoms. The van der Waals surface area contributed by atoms with Gasteiger partial charge in [0, 0.05) is 18.3 Å². The lowest BCUT2D eigenvalue weighted by Gasteiger charge is -2.04. The summed E-state index contributed by atoms with van der Waals surface area (Å²) < 4.78 is 0. The molecule has 1 fully saturated rings. The molecule has 1 aliphatic rings. The van der Waals surface area contributed by atoms with Crippen LogP contribution >= 0.6 is 22.5 Å². The van der Waals surface area contributed by atoms with Crippen LogP contribution in [0, 0.1) is 11.5 Å². The van der Waals surface area contributed by atoms with E-state index in [9.17, 15) is 0 Å². The van der Waals surface area contributed by atoms with E-state index in [2.05, 4.69) is 17.9 Å². The molecular weight excluding hydrogens is 152 g/mol. The summed E-state index contributed by atoms with van der Waals surface area (Å²) in [4.78, 5) is 1.77. The molecule has 0 N–H and O–H groups in total. The van der Waals surface area contributed by atoms with Gasteiger partial charge < -0.3 is 4.90 Å². The van der Waals surface area contributed by atoms with Crippen LogP contribution in [0.2, 0.25) is 0 Å². The highest BCUT2D eigenvalue weighted by Gasteiger charge is 2.20. The Labute approximate surface area is 64.0 Å². The maximum absolute atomic E-state index is 8.42. The van der Waals surface area contributed by atoms with Crippen molar-refractivity contribution < 1.29 is 0 Å². The van der Waals surface area contributed by atoms with Crippen LogP contribution in [0.4, 0.5) is 0 Å². The molecular formula is C5H8N2S2. The molecule has 0 aromatic rings. The average molecular weight is 160 g/mol. The molecule has 0 aliphatic carbocycles. The third-order valence-electron chi connectivity index (χ3n) is 1.44.